The number of unbranched alkanes of at least 4 members (excludes halogenated alkanes) is 20. The predicted octanol–water partition coefficient (Wildman–Crippen LogP) is 19.6. The Morgan fingerprint density at radius 3 is 0.873 bits per heavy atom. The van der Waals surface area contributed by atoms with Crippen LogP contribution in [0.15, 0.2) is 122 Å². The Morgan fingerprint density at radius 2 is 0.549 bits per heavy atom. The van der Waals surface area contributed by atoms with E-state index >= 15 is 0 Å². The minimum Gasteiger partial charge on any atom is -0.462 e. The van der Waals surface area contributed by atoms with Crippen LogP contribution in [0.3, 0.4) is 0 Å². The zero-order valence-corrected chi connectivity index (χ0v) is 45.9. The molecular formula is C65H106O6. The molecular weight excluding hydrogens is 877 g/mol. The lowest BCUT2D eigenvalue weighted by Crippen LogP contribution is -2.30. The van der Waals surface area contributed by atoms with Crippen molar-refractivity contribution >= 4 is 17.9 Å². The first-order valence-corrected chi connectivity index (χ1v) is 29.0. The Bertz CT molecular complexity index is 1500. The average Bonchev–Trinajstić information content (AvgIpc) is 3.37. The van der Waals surface area contributed by atoms with Crippen LogP contribution in [0.5, 0.6) is 0 Å². The van der Waals surface area contributed by atoms with Crippen LogP contribution in [0, 0.1) is 0 Å². The number of carbonyl (C=O) groups excluding carboxylic acids is 3. The summed E-state index contributed by atoms with van der Waals surface area (Å²) in [5, 5.41) is 0. The smallest absolute Gasteiger partial charge is 0.306 e. The molecule has 0 N–H and O–H groups in total. The predicted molar refractivity (Wildman–Crippen MR) is 306 cm³/mol. The maximum absolute atomic E-state index is 12.9. The van der Waals surface area contributed by atoms with Gasteiger partial charge in [0.1, 0.15) is 13.2 Å². The topological polar surface area (TPSA) is 78.9 Å². The van der Waals surface area contributed by atoms with E-state index < -0.39 is 6.10 Å². The average molecular weight is 984 g/mol. The second kappa shape index (κ2) is 58.4. The summed E-state index contributed by atoms with van der Waals surface area (Å²) >= 11 is 0. The number of esters is 3. The van der Waals surface area contributed by atoms with Crippen molar-refractivity contribution in [3.8, 4) is 0 Å². The van der Waals surface area contributed by atoms with Gasteiger partial charge in [-0.05, 0) is 128 Å². The van der Waals surface area contributed by atoms with Gasteiger partial charge in [-0.1, -0.05) is 226 Å². The molecule has 0 rings (SSSR count). The first-order chi connectivity index (χ1) is 35.0. The molecule has 1 atom stereocenters. The van der Waals surface area contributed by atoms with Crippen LogP contribution in [0.2, 0.25) is 0 Å². The number of allylic oxidation sites excluding steroid dienone is 20. The van der Waals surface area contributed by atoms with Crippen LogP contribution in [0.1, 0.15) is 252 Å². The maximum Gasteiger partial charge on any atom is 0.306 e. The highest BCUT2D eigenvalue weighted by molar-refractivity contribution is 5.71. The summed E-state index contributed by atoms with van der Waals surface area (Å²) < 4.78 is 16.8. The van der Waals surface area contributed by atoms with E-state index in [0.29, 0.717) is 19.3 Å². The van der Waals surface area contributed by atoms with Crippen molar-refractivity contribution in [3.63, 3.8) is 0 Å². The molecule has 0 fully saturated rings. The summed E-state index contributed by atoms with van der Waals surface area (Å²) in [4.78, 5) is 38.2. The van der Waals surface area contributed by atoms with E-state index in [-0.39, 0.29) is 31.1 Å². The third-order valence-corrected chi connectivity index (χ3v) is 11.9. The lowest BCUT2D eigenvalue weighted by Gasteiger charge is -2.18. The second-order valence-electron chi connectivity index (χ2n) is 18.8. The molecule has 0 heterocycles. The van der Waals surface area contributed by atoms with E-state index in [1.165, 1.54) is 70.6 Å². The van der Waals surface area contributed by atoms with E-state index in [4.69, 9.17) is 14.2 Å². The van der Waals surface area contributed by atoms with Gasteiger partial charge < -0.3 is 14.2 Å². The number of ether oxygens (including phenoxy) is 3. The van der Waals surface area contributed by atoms with E-state index in [1.807, 2.05) is 0 Å². The molecule has 0 aromatic carbocycles. The quantitative estimate of drug-likeness (QED) is 0.0261. The summed E-state index contributed by atoms with van der Waals surface area (Å²) in [6.45, 7) is 6.34. The van der Waals surface area contributed by atoms with Crippen molar-refractivity contribution in [3.05, 3.63) is 122 Å². The fraction of sp³-hybridized carbons (Fsp3) is 0.646. The normalized spacial score (nSPS) is 13.0. The summed E-state index contributed by atoms with van der Waals surface area (Å²) in [5.41, 5.74) is 0. The van der Waals surface area contributed by atoms with Gasteiger partial charge in [0, 0.05) is 19.3 Å². The second-order valence-corrected chi connectivity index (χ2v) is 18.8. The van der Waals surface area contributed by atoms with Crippen LogP contribution in [-0.2, 0) is 28.6 Å². The SMILES string of the molecule is CC/C=C/C/C=C/C/C=C/C/C=C/C/C=C/CCCCCC(=O)OC[C@@H](COC(=O)CCCCCCC/C=C/C/C=C/C/C=C/CC)OC(=O)CCCCCCCCCCC/C=C/C/C=C/CCCCC. The van der Waals surface area contributed by atoms with Gasteiger partial charge in [-0.3, -0.25) is 14.4 Å². The van der Waals surface area contributed by atoms with Gasteiger partial charge in [0.15, 0.2) is 6.10 Å². The zero-order valence-electron chi connectivity index (χ0n) is 45.9. The Morgan fingerprint density at radius 1 is 0.296 bits per heavy atom. The van der Waals surface area contributed by atoms with Gasteiger partial charge in [0.2, 0.25) is 0 Å². The van der Waals surface area contributed by atoms with Crippen LogP contribution >= 0.6 is 0 Å². The van der Waals surface area contributed by atoms with Crippen LogP contribution < -0.4 is 0 Å². The largest absolute Gasteiger partial charge is 0.462 e. The summed E-state index contributed by atoms with van der Waals surface area (Å²) in [7, 11) is 0. The number of hydrogen-bond donors (Lipinski definition) is 0. The summed E-state index contributed by atoms with van der Waals surface area (Å²) in [6, 6.07) is 0. The monoisotopic (exact) mass is 983 g/mol. The Kier molecular flexibility index (Phi) is 54.9. The molecule has 0 bridgehead atoms. The molecule has 0 saturated heterocycles. The molecule has 0 aliphatic heterocycles. The van der Waals surface area contributed by atoms with Gasteiger partial charge in [0.25, 0.3) is 0 Å². The molecule has 0 aromatic heterocycles. The number of hydrogen-bond acceptors (Lipinski definition) is 6. The van der Waals surface area contributed by atoms with E-state index in [9.17, 15) is 14.4 Å². The molecule has 6 nitrogen and oxygen atoms in total. The molecule has 0 aliphatic carbocycles. The maximum atomic E-state index is 12.9. The fourth-order valence-corrected chi connectivity index (χ4v) is 7.63. The van der Waals surface area contributed by atoms with Crippen LogP contribution in [-0.4, -0.2) is 37.2 Å². The number of carbonyl (C=O) groups is 3. The first-order valence-electron chi connectivity index (χ1n) is 29.0. The third kappa shape index (κ3) is 56.6. The van der Waals surface area contributed by atoms with Gasteiger partial charge in [-0.25, -0.2) is 0 Å². The molecule has 0 aromatic rings. The Labute approximate surface area is 437 Å². The molecule has 0 radical (unpaired) electrons. The van der Waals surface area contributed by atoms with Crippen molar-refractivity contribution in [2.24, 2.45) is 0 Å². The van der Waals surface area contributed by atoms with E-state index in [1.54, 1.807) is 0 Å². The minimum atomic E-state index is -0.806. The number of rotatable bonds is 51. The Hall–Kier alpha value is -4.19. The molecule has 0 amide bonds. The lowest BCUT2D eigenvalue weighted by atomic mass is 10.1. The molecule has 71 heavy (non-hydrogen) atoms. The van der Waals surface area contributed by atoms with Gasteiger partial charge in [-0.2, -0.15) is 0 Å². The molecule has 0 spiro atoms. The van der Waals surface area contributed by atoms with Crippen molar-refractivity contribution in [2.75, 3.05) is 13.2 Å². The van der Waals surface area contributed by atoms with Gasteiger partial charge in [0.05, 0.1) is 0 Å². The van der Waals surface area contributed by atoms with Crippen molar-refractivity contribution in [1.82, 2.24) is 0 Å². The zero-order chi connectivity index (χ0) is 51.4. The molecule has 402 valence electrons. The highest BCUT2D eigenvalue weighted by atomic mass is 16.6. The molecule has 0 aliphatic rings. The molecule has 6 heteroatoms. The van der Waals surface area contributed by atoms with Crippen molar-refractivity contribution in [2.45, 2.75) is 258 Å². The van der Waals surface area contributed by atoms with Gasteiger partial charge in [-0.15, -0.1) is 0 Å². The summed E-state index contributed by atoms with van der Waals surface area (Å²) in [6.07, 6.45) is 80.4. The van der Waals surface area contributed by atoms with E-state index in [0.717, 1.165) is 141 Å². The van der Waals surface area contributed by atoms with Crippen molar-refractivity contribution in [1.29, 1.82) is 0 Å². The first kappa shape index (κ1) is 66.8. The standard InChI is InChI=1S/C65H106O6/c1-4-7-10-13-16-19-22-25-28-30-32-34-37-40-43-46-49-52-55-58-64(67)70-61-62(60-69-63(66)57-54-51-48-45-42-39-36-27-24-21-18-15-12-9-6-3)71-65(68)59-56-53-50-47-44-41-38-35-33-31-29-26-23-20-17-14-11-8-5-2/h7,9-10,12,16-21,25-29,32,34,36,40,43,62H,4-6,8,11,13-15,22-24,30-31,33,35,37-39,41-42,44-61H2,1-3H3/b10-7+,12-9+,19-16+,20-17+,21-18+,28-25+,29-26+,34-32+,36-27+,43-40+/t62-/m1/s1. The summed E-state index contributed by atoms with van der Waals surface area (Å²) in [5.74, 6) is -0.956. The van der Waals surface area contributed by atoms with Crippen molar-refractivity contribution < 1.29 is 28.6 Å². The van der Waals surface area contributed by atoms with E-state index in [2.05, 4.69) is 142 Å². The van der Waals surface area contributed by atoms with Crippen LogP contribution in [0.4, 0.5) is 0 Å². The highest BCUT2D eigenvalue weighted by Gasteiger charge is 2.19. The van der Waals surface area contributed by atoms with Crippen LogP contribution in [0.25, 0.3) is 0 Å². The fourth-order valence-electron chi connectivity index (χ4n) is 7.63. The third-order valence-electron chi connectivity index (χ3n) is 11.9. The van der Waals surface area contributed by atoms with Gasteiger partial charge >= 0.3 is 17.9 Å². The lowest BCUT2D eigenvalue weighted by molar-refractivity contribution is -0.167. The minimum absolute atomic E-state index is 0.102. The molecule has 0 saturated carbocycles. The molecule has 0 unspecified atom stereocenters. The Balaban J connectivity index is 4.49. The highest BCUT2D eigenvalue weighted by Crippen LogP contribution is 2.14.